The predicted octanol–water partition coefficient (Wildman–Crippen LogP) is 2.54. The summed E-state index contributed by atoms with van der Waals surface area (Å²) in [5.41, 5.74) is 5.10. The van der Waals surface area contributed by atoms with E-state index in [0.29, 0.717) is 32.1 Å². The molecule has 0 bridgehead atoms. The average Bonchev–Trinajstić information content (AvgIpc) is 2.30. The van der Waals surface area contributed by atoms with Crippen molar-refractivity contribution >= 4 is 17.5 Å². The van der Waals surface area contributed by atoms with Crippen LogP contribution in [-0.2, 0) is 19.1 Å². The second-order valence-electron chi connectivity index (χ2n) is 6.85. The fourth-order valence-corrected chi connectivity index (χ4v) is 1.97. The van der Waals surface area contributed by atoms with Crippen molar-refractivity contribution in [2.75, 3.05) is 0 Å². The fraction of sp³-hybridized carbons (Fsp3) is 0.812. The molecule has 0 amide bonds. The van der Waals surface area contributed by atoms with E-state index >= 15 is 0 Å². The molecule has 5 heteroatoms. The minimum atomic E-state index is -0.672. The standard InChI is InChI=1S/C16H29NO4/c1-12(18)6-9-16(17,10-7-13(2)19)11-8-14(20)21-15(3,4)5/h6-11,17H2,1-5H3. The molecule has 122 valence electrons. The highest BCUT2D eigenvalue weighted by Gasteiger charge is 2.27. The van der Waals surface area contributed by atoms with Crippen LogP contribution in [0.1, 0.15) is 73.1 Å². The fourth-order valence-electron chi connectivity index (χ4n) is 1.97. The summed E-state index contributed by atoms with van der Waals surface area (Å²) < 4.78 is 5.26. The van der Waals surface area contributed by atoms with E-state index in [0.717, 1.165) is 0 Å². The largest absolute Gasteiger partial charge is 0.460 e. The maximum absolute atomic E-state index is 11.8. The van der Waals surface area contributed by atoms with Gasteiger partial charge in [0.15, 0.2) is 0 Å². The Balaban J connectivity index is 4.54. The molecule has 0 aliphatic rings. The van der Waals surface area contributed by atoms with Gasteiger partial charge < -0.3 is 20.1 Å². The van der Waals surface area contributed by atoms with Crippen LogP contribution in [-0.4, -0.2) is 28.7 Å². The number of nitrogens with two attached hydrogens (primary N) is 1. The van der Waals surface area contributed by atoms with Gasteiger partial charge in [-0.3, -0.25) is 4.79 Å². The Bertz CT molecular complexity index is 364. The number of esters is 1. The number of Topliss-reactive ketones (excluding diaryl/α,β-unsaturated/α-hetero) is 2. The van der Waals surface area contributed by atoms with Crippen molar-refractivity contribution in [2.45, 2.75) is 84.3 Å². The molecule has 0 rings (SSSR count). The van der Waals surface area contributed by atoms with Crippen LogP contribution < -0.4 is 5.73 Å². The molecule has 21 heavy (non-hydrogen) atoms. The van der Waals surface area contributed by atoms with Crippen LogP contribution in [0.2, 0.25) is 0 Å². The number of ether oxygens (including phenoxy) is 1. The van der Waals surface area contributed by atoms with Crippen molar-refractivity contribution < 1.29 is 19.1 Å². The number of rotatable bonds is 9. The van der Waals surface area contributed by atoms with E-state index in [1.165, 1.54) is 13.8 Å². The van der Waals surface area contributed by atoms with Crippen LogP contribution >= 0.6 is 0 Å². The molecule has 0 aromatic rings. The third-order valence-electron chi connectivity index (χ3n) is 3.20. The molecular formula is C16H29NO4. The van der Waals surface area contributed by atoms with E-state index in [-0.39, 0.29) is 24.0 Å². The Morgan fingerprint density at radius 2 is 1.24 bits per heavy atom. The van der Waals surface area contributed by atoms with Gasteiger partial charge in [-0.1, -0.05) is 0 Å². The Morgan fingerprint density at radius 3 is 1.57 bits per heavy atom. The minimum absolute atomic E-state index is 0.0601. The summed E-state index contributed by atoms with van der Waals surface area (Å²) in [5.74, 6) is -0.183. The van der Waals surface area contributed by atoms with Crippen molar-refractivity contribution in [3.05, 3.63) is 0 Å². The van der Waals surface area contributed by atoms with Gasteiger partial charge in [0.2, 0.25) is 0 Å². The predicted molar refractivity (Wildman–Crippen MR) is 81.8 cm³/mol. The highest BCUT2D eigenvalue weighted by atomic mass is 16.6. The number of carbonyl (C=O) groups excluding carboxylic acids is 3. The van der Waals surface area contributed by atoms with Crippen molar-refractivity contribution in [1.29, 1.82) is 0 Å². The third kappa shape index (κ3) is 11.1. The van der Waals surface area contributed by atoms with E-state index in [1.54, 1.807) is 0 Å². The number of hydrogen-bond acceptors (Lipinski definition) is 5. The topological polar surface area (TPSA) is 86.5 Å². The highest BCUT2D eigenvalue weighted by molar-refractivity contribution is 5.76. The van der Waals surface area contributed by atoms with Gasteiger partial charge in [-0.2, -0.15) is 0 Å². The first-order chi connectivity index (χ1) is 9.43. The van der Waals surface area contributed by atoms with E-state index in [1.807, 2.05) is 20.8 Å². The molecule has 0 heterocycles. The van der Waals surface area contributed by atoms with Crippen molar-refractivity contribution in [3.63, 3.8) is 0 Å². The molecule has 0 aromatic heterocycles. The summed E-state index contributed by atoms with van der Waals surface area (Å²) >= 11 is 0. The van der Waals surface area contributed by atoms with E-state index in [4.69, 9.17) is 10.5 Å². The maximum atomic E-state index is 11.8. The van der Waals surface area contributed by atoms with Crippen LogP contribution in [0.4, 0.5) is 0 Å². The first kappa shape index (κ1) is 19.8. The van der Waals surface area contributed by atoms with E-state index < -0.39 is 11.1 Å². The SMILES string of the molecule is CC(=O)CCC(N)(CCC(C)=O)CCC(=O)OC(C)(C)C. The molecular weight excluding hydrogens is 270 g/mol. The van der Waals surface area contributed by atoms with E-state index in [2.05, 4.69) is 0 Å². The zero-order valence-corrected chi connectivity index (χ0v) is 14.0. The Labute approximate surface area is 127 Å². The molecule has 0 radical (unpaired) electrons. The second kappa shape index (κ2) is 8.27. The van der Waals surface area contributed by atoms with Gasteiger partial charge in [-0.15, -0.1) is 0 Å². The van der Waals surface area contributed by atoms with Crippen LogP contribution in [0, 0.1) is 0 Å². The average molecular weight is 299 g/mol. The molecule has 0 spiro atoms. The van der Waals surface area contributed by atoms with Gasteiger partial charge in [0, 0.05) is 24.8 Å². The smallest absolute Gasteiger partial charge is 0.306 e. The first-order valence-corrected chi connectivity index (χ1v) is 7.43. The van der Waals surface area contributed by atoms with Gasteiger partial charge in [0.25, 0.3) is 0 Å². The lowest BCUT2D eigenvalue weighted by atomic mass is 9.84. The number of hydrogen-bond donors (Lipinski definition) is 1. The van der Waals surface area contributed by atoms with E-state index in [9.17, 15) is 14.4 Å². The quantitative estimate of drug-likeness (QED) is 0.661. The van der Waals surface area contributed by atoms with Crippen LogP contribution in [0.3, 0.4) is 0 Å². The lowest BCUT2D eigenvalue weighted by Crippen LogP contribution is -2.41. The van der Waals surface area contributed by atoms with Gasteiger partial charge in [0.1, 0.15) is 17.2 Å². The molecule has 0 saturated carbocycles. The Kier molecular flexibility index (Phi) is 7.79. The zero-order valence-electron chi connectivity index (χ0n) is 14.0. The number of carbonyl (C=O) groups is 3. The lowest BCUT2D eigenvalue weighted by Gasteiger charge is -2.29. The summed E-state index contributed by atoms with van der Waals surface area (Å²) in [6, 6.07) is 0. The third-order valence-corrected chi connectivity index (χ3v) is 3.20. The van der Waals surface area contributed by atoms with Crippen molar-refractivity contribution in [1.82, 2.24) is 0 Å². The van der Waals surface area contributed by atoms with Crippen LogP contribution in [0.15, 0.2) is 0 Å². The molecule has 0 saturated heterocycles. The summed E-state index contributed by atoms with van der Waals surface area (Å²) in [7, 11) is 0. The number of ketones is 2. The highest BCUT2D eigenvalue weighted by Crippen LogP contribution is 2.24. The van der Waals surface area contributed by atoms with Gasteiger partial charge in [0.05, 0.1) is 0 Å². The zero-order chi connectivity index (χ0) is 16.7. The van der Waals surface area contributed by atoms with Crippen molar-refractivity contribution in [2.24, 2.45) is 5.73 Å². The maximum Gasteiger partial charge on any atom is 0.306 e. The summed E-state index contributed by atoms with van der Waals surface area (Å²) in [6.45, 7) is 8.46. The molecule has 0 fully saturated rings. The Morgan fingerprint density at radius 1 is 0.857 bits per heavy atom. The minimum Gasteiger partial charge on any atom is -0.460 e. The molecule has 0 unspecified atom stereocenters. The normalized spacial score (nSPS) is 12.1. The molecule has 2 N–H and O–H groups in total. The monoisotopic (exact) mass is 299 g/mol. The van der Waals surface area contributed by atoms with Crippen LogP contribution in [0.5, 0.6) is 0 Å². The lowest BCUT2D eigenvalue weighted by molar-refractivity contribution is -0.155. The van der Waals surface area contributed by atoms with Gasteiger partial charge in [-0.05, 0) is 53.9 Å². The summed E-state index contributed by atoms with van der Waals surface area (Å²) in [4.78, 5) is 34.1. The molecule has 0 aromatic carbocycles. The molecule has 0 aliphatic heterocycles. The Hall–Kier alpha value is -1.23. The second-order valence-corrected chi connectivity index (χ2v) is 6.85. The van der Waals surface area contributed by atoms with Gasteiger partial charge >= 0.3 is 5.97 Å². The first-order valence-electron chi connectivity index (χ1n) is 7.43. The summed E-state index contributed by atoms with van der Waals surface area (Å²) in [5, 5.41) is 0. The van der Waals surface area contributed by atoms with Crippen molar-refractivity contribution in [3.8, 4) is 0 Å². The molecule has 5 nitrogen and oxygen atoms in total. The van der Waals surface area contributed by atoms with Crippen LogP contribution in [0.25, 0.3) is 0 Å². The molecule has 0 aliphatic carbocycles. The summed E-state index contributed by atoms with van der Waals surface area (Å²) in [6.07, 6.45) is 2.31. The van der Waals surface area contributed by atoms with Gasteiger partial charge in [-0.25, -0.2) is 0 Å². The molecule has 0 atom stereocenters.